The van der Waals surface area contributed by atoms with Crippen LogP contribution < -0.4 is 10.1 Å². The minimum atomic E-state index is -0.181. The average Bonchev–Trinajstić information content (AvgIpc) is 3.04. The number of amides is 1. The zero-order chi connectivity index (χ0) is 17.9. The number of aryl methyl sites for hydroxylation is 1. The number of H-pyrrole nitrogens is 1. The Balaban J connectivity index is 1.58. The summed E-state index contributed by atoms with van der Waals surface area (Å²) in [4.78, 5) is 15.4. The maximum atomic E-state index is 12.1. The molecule has 4 nitrogen and oxygen atoms in total. The van der Waals surface area contributed by atoms with Crippen molar-refractivity contribution < 1.29 is 9.53 Å². The van der Waals surface area contributed by atoms with E-state index in [0.29, 0.717) is 12.3 Å². The van der Waals surface area contributed by atoms with Gasteiger partial charge in [-0.15, -0.1) is 0 Å². The van der Waals surface area contributed by atoms with Gasteiger partial charge in [-0.3, -0.25) is 4.79 Å². The lowest BCUT2D eigenvalue weighted by Crippen LogP contribution is -2.38. The van der Waals surface area contributed by atoms with Crippen LogP contribution in [-0.2, 0) is 10.2 Å². The molecule has 3 aromatic rings. The number of nitrogens with one attached hydrogen (secondary N) is 2. The van der Waals surface area contributed by atoms with Gasteiger partial charge in [0.15, 0.2) is 6.61 Å². The van der Waals surface area contributed by atoms with Gasteiger partial charge in [-0.1, -0.05) is 49.7 Å². The Bertz CT molecular complexity index is 863. The number of aromatic nitrogens is 1. The fourth-order valence-corrected chi connectivity index (χ4v) is 2.88. The topological polar surface area (TPSA) is 54.1 Å². The standard InChI is InChI=1S/C21H24N2O2/c1-15-8-10-16(11-9-15)25-13-20(24)23-14-21(2,3)18-12-22-19-7-5-4-6-17(18)19/h4-12,22H,13-14H2,1-3H3,(H,23,24). The Morgan fingerprint density at radius 1 is 1.12 bits per heavy atom. The van der Waals surface area contributed by atoms with Gasteiger partial charge in [-0.2, -0.15) is 0 Å². The minimum Gasteiger partial charge on any atom is -0.484 e. The van der Waals surface area contributed by atoms with Crippen molar-refractivity contribution in [1.82, 2.24) is 10.3 Å². The first kappa shape index (κ1) is 17.1. The first-order chi connectivity index (χ1) is 12.0. The van der Waals surface area contributed by atoms with E-state index in [1.807, 2.05) is 49.5 Å². The van der Waals surface area contributed by atoms with Crippen molar-refractivity contribution in [2.75, 3.05) is 13.2 Å². The van der Waals surface area contributed by atoms with E-state index in [2.05, 4.69) is 36.3 Å². The van der Waals surface area contributed by atoms with E-state index < -0.39 is 0 Å². The second-order valence-corrected chi connectivity index (χ2v) is 7.01. The molecule has 130 valence electrons. The van der Waals surface area contributed by atoms with Crippen LogP contribution in [0.2, 0.25) is 0 Å². The monoisotopic (exact) mass is 336 g/mol. The van der Waals surface area contributed by atoms with Gasteiger partial charge in [-0.05, 0) is 30.7 Å². The molecule has 0 spiro atoms. The molecule has 0 saturated carbocycles. The van der Waals surface area contributed by atoms with Crippen LogP contribution in [-0.4, -0.2) is 24.0 Å². The molecule has 1 aromatic heterocycles. The normalized spacial score (nSPS) is 11.5. The van der Waals surface area contributed by atoms with Gasteiger partial charge < -0.3 is 15.0 Å². The molecule has 0 bridgehead atoms. The number of hydrogen-bond donors (Lipinski definition) is 2. The molecule has 4 heteroatoms. The number of aromatic amines is 1. The van der Waals surface area contributed by atoms with Crippen LogP contribution in [0.3, 0.4) is 0 Å². The van der Waals surface area contributed by atoms with E-state index >= 15 is 0 Å². The molecule has 0 atom stereocenters. The Kier molecular flexibility index (Phi) is 4.79. The lowest BCUT2D eigenvalue weighted by molar-refractivity contribution is -0.123. The van der Waals surface area contributed by atoms with Gasteiger partial charge in [0.05, 0.1) is 0 Å². The molecule has 25 heavy (non-hydrogen) atoms. The third-order valence-electron chi connectivity index (χ3n) is 4.44. The van der Waals surface area contributed by atoms with E-state index in [9.17, 15) is 4.79 Å². The number of carbonyl (C=O) groups is 1. The van der Waals surface area contributed by atoms with Crippen LogP contribution in [0.25, 0.3) is 10.9 Å². The minimum absolute atomic E-state index is 0.0209. The van der Waals surface area contributed by atoms with E-state index in [0.717, 1.165) is 11.1 Å². The summed E-state index contributed by atoms with van der Waals surface area (Å²) in [5.74, 6) is 0.588. The quantitative estimate of drug-likeness (QED) is 0.716. The highest BCUT2D eigenvalue weighted by Crippen LogP contribution is 2.29. The van der Waals surface area contributed by atoms with Crippen molar-refractivity contribution >= 4 is 16.8 Å². The molecule has 0 aliphatic carbocycles. The summed E-state index contributed by atoms with van der Waals surface area (Å²) in [6.07, 6.45) is 2.03. The molecular formula is C21H24N2O2. The number of carbonyl (C=O) groups excluding carboxylic acids is 1. The Morgan fingerprint density at radius 3 is 2.60 bits per heavy atom. The predicted molar refractivity (Wildman–Crippen MR) is 101 cm³/mol. The molecular weight excluding hydrogens is 312 g/mol. The van der Waals surface area contributed by atoms with Crippen molar-refractivity contribution in [1.29, 1.82) is 0 Å². The van der Waals surface area contributed by atoms with Crippen molar-refractivity contribution in [2.45, 2.75) is 26.2 Å². The molecule has 0 radical (unpaired) electrons. The Hall–Kier alpha value is -2.75. The van der Waals surface area contributed by atoms with Gasteiger partial charge in [0.1, 0.15) is 5.75 Å². The molecule has 0 saturated heterocycles. The summed E-state index contributed by atoms with van der Waals surface area (Å²) in [6, 6.07) is 15.9. The van der Waals surface area contributed by atoms with E-state index in [-0.39, 0.29) is 17.9 Å². The number of ether oxygens (including phenoxy) is 1. The molecule has 0 aliphatic rings. The maximum absolute atomic E-state index is 12.1. The molecule has 0 aliphatic heterocycles. The third-order valence-corrected chi connectivity index (χ3v) is 4.44. The predicted octanol–water partition coefficient (Wildman–Crippen LogP) is 3.95. The third kappa shape index (κ3) is 4.02. The summed E-state index contributed by atoms with van der Waals surface area (Å²) in [5, 5.41) is 4.17. The van der Waals surface area contributed by atoms with Crippen LogP contribution in [0.15, 0.2) is 54.7 Å². The van der Waals surface area contributed by atoms with Gasteiger partial charge in [0.2, 0.25) is 0 Å². The van der Waals surface area contributed by atoms with Crippen LogP contribution >= 0.6 is 0 Å². The Labute approximate surface area is 148 Å². The number of para-hydroxylation sites is 1. The average molecular weight is 336 g/mol. The summed E-state index contributed by atoms with van der Waals surface area (Å²) in [6.45, 7) is 6.84. The van der Waals surface area contributed by atoms with Gasteiger partial charge in [-0.25, -0.2) is 0 Å². The summed E-state index contributed by atoms with van der Waals surface area (Å²) >= 11 is 0. The summed E-state index contributed by atoms with van der Waals surface area (Å²) in [7, 11) is 0. The maximum Gasteiger partial charge on any atom is 0.257 e. The molecule has 1 amide bonds. The first-order valence-electron chi connectivity index (χ1n) is 8.48. The van der Waals surface area contributed by atoms with Gasteiger partial charge in [0, 0.05) is 29.1 Å². The highest BCUT2D eigenvalue weighted by atomic mass is 16.5. The summed E-state index contributed by atoms with van der Waals surface area (Å²) in [5.41, 5.74) is 3.29. The number of fused-ring (bicyclic) bond motifs is 1. The number of rotatable bonds is 6. The van der Waals surface area contributed by atoms with Gasteiger partial charge in [0.25, 0.3) is 5.91 Å². The SMILES string of the molecule is Cc1ccc(OCC(=O)NCC(C)(C)c2c[nH]c3ccccc23)cc1. The van der Waals surface area contributed by atoms with E-state index in [1.54, 1.807) is 0 Å². The molecule has 0 unspecified atom stereocenters. The number of benzene rings is 2. The van der Waals surface area contributed by atoms with Crippen LogP contribution in [0, 0.1) is 6.92 Å². The van der Waals surface area contributed by atoms with Crippen molar-refractivity contribution in [3.8, 4) is 5.75 Å². The highest BCUT2D eigenvalue weighted by Gasteiger charge is 2.24. The fraction of sp³-hybridized carbons (Fsp3) is 0.286. The van der Waals surface area contributed by atoms with Crippen LogP contribution in [0.1, 0.15) is 25.0 Å². The lowest BCUT2D eigenvalue weighted by atomic mass is 9.84. The van der Waals surface area contributed by atoms with E-state index in [1.165, 1.54) is 10.9 Å². The summed E-state index contributed by atoms with van der Waals surface area (Å²) < 4.78 is 5.53. The molecule has 3 rings (SSSR count). The molecule has 2 aromatic carbocycles. The zero-order valence-electron chi connectivity index (χ0n) is 14.9. The van der Waals surface area contributed by atoms with E-state index in [4.69, 9.17) is 4.74 Å². The van der Waals surface area contributed by atoms with Crippen LogP contribution in [0.5, 0.6) is 5.75 Å². The molecule has 1 heterocycles. The first-order valence-corrected chi connectivity index (χ1v) is 8.48. The second-order valence-electron chi connectivity index (χ2n) is 7.01. The smallest absolute Gasteiger partial charge is 0.257 e. The zero-order valence-corrected chi connectivity index (χ0v) is 14.9. The highest BCUT2D eigenvalue weighted by molar-refractivity contribution is 5.84. The van der Waals surface area contributed by atoms with Crippen LogP contribution in [0.4, 0.5) is 0 Å². The molecule has 2 N–H and O–H groups in total. The molecule has 0 fully saturated rings. The van der Waals surface area contributed by atoms with Gasteiger partial charge >= 0.3 is 0 Å². The van der Waals surface area contributed by atoms with Crippen molar-refractivity contribution in [3.63, 3.8) is 0 Å². The van der Waals surface area contributed by atoms with Crippen molar-refractivity contribution in [3.05, 3.63) is 65.9 Å². The fourth-order valence-electron chi connectivity index (χ4n) is 2.88. The second kappa shape index (κ2) is 7.01. The Morgan fingerprint density at radius 2 is 1.84 bits per heavy atom. The lowest BCUT2D eigenvalue weighted by Gasteiger charge is -2.25. The largest absolute Gasteiger partial charge is 0.484 e. The van der Waals surface area contributed by atoms with Crippen molar-refractivity contribution in [2.24, 2.45) is 0 Å². The number of hydrogen-bond acceptors (Lipinski definition) is 2.